The summed E-state index contributed by atoms with van der Waals surface area (Å²) in [6.07, 6.45) is 2.48. The zero-order valence-electron chi connectivity index (χ0n) is 19.9. The summed E-state index contributed by atoms with van der Waals surface area (Å²) in [6.45, 7) is 2.88. The van der Waals surface area contributed by atoms with Gasteiger partial charge in [-0.25, -0.2) is 8.78 Å². The van der Waals surface area contributed by atoms with Gasteiger partial charge < -0.3 is 15.5 Å². The Bertz CT molecular complexity index is 1190. The van der Waals surface area contributed by atoms with Crippen LogP contribution in [-0.2, 0) is 15.5 Å². The van der Waals surface area contributed by atoms with Crippen LogP contribution in [0.1, 0.15) is 60.5 Å². The van der Waals surface area contributed by atoms with E-state index in [0.717, 1.165) is 29.5 Å². The number of aryl methyl sites for hydroxylation is 1. The highest BCUT2D eigenvalue weighted by Gasteiger charge is 2.52. The molecular weight excluding hydrogens is 478 g/mol. The van der Waals surface area contributed by atoms with E-state index in [-0.39, 0.29) is 28.8 Å². The predicted octanol–water partition coefficient (Wildman–Crippen LogP) is 4.67. The van der Waals surface area contributed by atoms with Crippen molar-refractivity contribution in [3.05, 3.63) is 64.7 Å². The first-order chi connectivity index (χ1) is 17.0. The first-order valence-corrected chi connectivity index (χ1v) is 11.8. The van der Waals surface area contributed by atoms with Crippen molar-refractivity contribution in [2.75, 3.05) is 5.32 Å². The zero-order valence-corrected chi connectivity index (χ0v) is 19.9. The lowest BCUT2D eigenvalue weighted by Crippen LogP contribution is -2.61. The molecule has 2 N–H and O–H groups in total. The fourth-order valence-corrected chi connectivity index (χ4v) is 5.23. The van der Waals surface area contributed by atoms with E-state index in [0.29, 0.717) is 31.7 Å². The second kappa shape index (κ2) is 9.91. The molecule has 0 aliphatic carbocycles. The highest BCUT2D eigenvalue weighted by Crippen LogP contribution is 2.40. The number of carbonyl (C=O) groups is 3. The van der Waals surface area contributed by atoms with Crippen LogP contribution < -0.4 is 10.6 Å². The Morgan fingerprint density at radius 2 is 1.61 bits per heavy atom. The fourth-order valence-electron chi connectivity index (χ4n) is 5.23. The second-order valence-corrected chi connectivity index (χ2v) is 9.51. The summed E-state index contributed by atoms with van der Waals surface area (Å²) in [4.78, 5) is 38.4. The van der Waals surface area contributed by atoms with Gasteiger partial charge in [0.15, 0.2) is 0 Å². The van der Waals surface area contributed by atoms with Gasteiger partial charge in [0.25, 0.3) is 11.8 Å². The summed E-state index contributed by atoms with van der Waals surface area (Å²) in [5.41, 5.74) is -0.942. The number of fused-ring (bicyclic) bond motifs is 2. The maximum Gasteiger partial charge on any atom is 0.352 e. The molecule has 0 radical (unpaired) electrons. The minimum atomic E-state index is -4.21. The number of hydrogen-bond donors (Lipinski definition) is 2. The minimum Gasteiger partial charge on any atom is -0.353 e. The summed E-state index contributed by atoms with van der Waals surface area (Å²) < 4.78 is 59.1. The molecule has 36 heavy (non-hydrogen) atoms. The normalized spacial score (nSPS) is 21.6. The number of carbonyl (C=O) groups excluding carboxylic acids is 3. The summed E-state index contributed by atoms with van der Waals surface area (Å²) in [5.74, 6) is -8.53. The number of benzene rings is 2. The third kappa shape index (κ3) is 5.08. The summed E-state index contributed by atoms with van der Waals surface area (Å²) in [7, 11) is 0. The number of anilines is 1. The molecule has 0 saturated carbocycles. The molecule has 2 aliphatic rings. The molecule has 0 aromatic heterocycles. The molecule has 6 nitrogen and oxygen atoms in total. The Hall–Kier alpha value is -3.43. The van der Waals surface area contributed by atoms with E-state index in [2.05, 4.69) is 10.6 Å². The summed E-state index contributed by atoms with van der Waals surface area (Å²) in [5, 5.41) is 5.27. The van der Waals surface area contributed by atoms with Gasteiger partial charge in [-0.2, -0.15) is 8.78 Å². The largest absolute Gasteiger partial charge is 0.353 e. The van der Waals surface area contributed by atoms with Crippen LogP contribution in [0.5, 0.6) is 0 Å². The summed E-state index contributed by atoms with van der Waals surface area (Å²) >= 11 is 0. The lowest BCUT2D eigenvalue weighted by molar-refractivity contribution is -0.170. The number of piperidine rings is 2. The third-order valence-electron chi connectivity index (χ3n) is 6.87. The van der Waals surface area contributed by atoms with E-state index in [4.69, 9.17) is 0 Å². The Morgan fingerprint density at radius 3 is 2.22 bits per heavy atom. The van der Waals surface area contributed by atoms with Crippen LogP contribution in [0, 0.1) is 18.6 Å². The highest BCUT2D eigenvalue weighted by atomic mass is 19.3. The Labute approximate surface area is 206 Å². The molecule has 3 atom stereocenters. The molecule has 3 amide bonds. The quantitative estimate of drug-likeness (QED) is 0.580. The molecule has 2 aliphatic heterocycles. The molecule has 2 aromatic rings. The van der Waals surface area contributed by atoms with Gasteiger partial charge in [0, 0.05) is 36.3 Å². The Kier molecular flexibility index (Phi) is 7.06. The van der Waals surface area contributed by atoms with Gasteiger partial charge in [-0.15, -0.1) is 0 Å². The zero-order chi connectivity index (χ0) is 26.2. The van der Waals surface area contributed by atoms with Gasteiger partial charge >= 0.3 is 5.92 Å². The Morgan fingerprint density at radius 1 is 0.972 bits per heavy atom. The highest BCUT2D eigenvalue weighted by molar-refractivity contribution is 6.04. The van der Waals surface area contributed by atoms with E-state index in [1.807, 2.05) is 0 Å². The van der Waals surface area contributed by atoms with E-state index >= 15 is 8.78 Å². The number of amides is 3. The number of nitrogens with zero attached hydrogens (tertiary/aromatic N) is 1. The maximum absolute atomic E-state index is 15.5. The molecule has 2 fully saturated rings. The number of nitrogens with one attached hydrogen (secondary N) is 2. The Balaban J connectivity index is 1.57. The molecule has 192 valence electrons. The van der Waals surface area contributed by atoms with Crippen LogP contribution in [0.2, 0.25) is 0 Å². The van der Waals surface area contributed by atoms with Crippen molar-refractivity contribution >= 4 is 23.4 Å². The smallest absolute Gasteiger partial charge is 0.352 e. The number of alkyl halides is 2. The van der Waals surface area contributed by atoms with Crippen molar-refractivity contribution in [3.63, 3.8) is 0 Å². The molecule has 2 saturated heterocycles. The fraction of sp³-hybridized carbons (Fsp3) is 0.423. The molecular formula is C26H27F4N3O3. The minimum absolute atomic E-state index is 0.214. The van der Waals surface area contributed by atoms with Gasteiger partial charge in [-0.1, -0.05) is 0 Å². The van der Waals surface area contributed by atoms with Crippen molar-refractivity contribution in [2.24, 2.45) is 0 Å². The van der Waals surface area contributed by atoms with E-state index < -0.39 is 47.0 Å². The van der Waals surface area contributed by atoms with E-state index in [1.165, 1.54) is 26.0 Å². The maximum atomic E-state index is 15.5. The van der Waals surface area contributed by atoms with Crippen molar-refractivity contribution in [2.45, 2.75) is 70.0 Å². The molecule has 2 bridgehead atoms. The molecule has 0 unspecified atom stereocenters. The molecule has 2 aromatic carbocycles. The van der Waals surface area contributed by atoms with Crippen LogP contribution >= 0.6 is 0 Å². The van der Waals surface area contributed by atoms with Crippen molar-refractivity contribution in [1.82, 2.24) is 10.2 Å². The standard InChI is InChI=1S/C26H27F4N3O3/c1-14-10-17(7-9-22(14)27)32-24(35)16-6-8-23(28)21(11-16)26(29,30)25(36)33-19-4-3-5-20(33)13-18(12-19)31-15(2)34/h6-11,18-20H,3-5,12-13H2,1-2H3,(H,31,34)(H,32,35)/t18-,19-,20+. The first kappa shape index (κ1) is 25.7. The van der Waals surface area contributed by atoms with Crippen LogP contribution in [0.25, 0.3) is 0 Å². The van der Waals surface area contributed by atoms with E-state index in [9.17, 15) is 23.2 Å². The number of rotatable bonds is 5. The predicted molar refractivity (Wildman–Crippen MR) is 124 cm³/mol. The first-order valence-electron chi connectivity index (χ1n) is 11.8. The molecule has 10 heteroatoms. The second-order valence-electron chi connectivity index (χ2n) is 9.51. The van der Waals surface area contributed by atoms with Crippen molar-refractivity contribution < 1.29 is 31.9 Å². The third-order valence-corrected chi connectivity index (χ3v) is 6.87. The van der Waals surface area contributed by atoms with Gasteiger partial charge in [0.05, 0.1) is 5.56 Å². The lowest BCUT2D eigenvalue weighted by Gasteiger charge is -2.49. The average molecular weight is 506 g/mol. The van der Waals surface area contributed by atoms with Crippen LogP contribution in [-0.4, -0.2) is 40.7 Å². The van der Waals surface area contributed by atoms with Gasteiger partial charge in [0.2, 0.25) is 5.91 Å². The SMILES string of the molecule is CC(=O)N[C@@H]1C[C@H]2CCC[C@@H](C1)N2C(=O)C(F)(F)c1cc(C(=O)Nc2ccc(F)c(C)c2)ccc1F. The van der Waals surface area contributed by atoms with Gasteiger partial charge in [-0.3, -0.25) is 14.4 Å². The van der Waals surface area contributed by atoms with Crippen LogP contribution in [0.4, 0.5) is 23.2 Å². The van der Waals surface area contributed by atoms with Crippen LogP contribution in [0.3, 0.4) is 0 Å². The summed E-state index contributed by atoms with van der Waals surface area (Å²) in [6, 6.07) is 5.08. The molecule has 2 heterocycles. The van der Waals surface area contributed by atoms with Crippen molar-refractivity contribution in [3.8, 4) is 0 Å². The number of halogens is 4. The monoisotopic (exact) mass is 505 g/mol. The molecule has 0 spiro atoms. The lowest BCUT2D eigenvalue weighted by atomic mass is 9.81. The van der Waals surface area contributed by atoms with Crippen molar-refractivity contribution in [1.29, 1.82) is 0 Å². The van der Waals surface area contributed by atoms with E-state index in [1.54, 1.807) is 0 Å². The number of hydrogen-bond acceptors (Lipinski definition) is 3. The van der Waals surface area contributed by atoms with Crippen LogP contribution in [0.15, 0.2) is 36.4 Å². The average Bonchev–Trinajstić information content (AvgIpc) is 2.80. The van der Waals surface area contributed by atoms with Gasteiger partial charge in [-0.05, 0) is 81.0 Å². The van der Waals surface area contributed by atoms with Gasteiger partial charge in [0.1, 0.15) is 11.6 Å². The molecule has 4 rings (SSSR count). The topological polar surface area (TPSA) is 78.5 Å².